The number of hydrogen-bond acceptors (Lipinski definition) is 6. The van der Waals surface area contributed by atoms with Gasteiger partial charge in [-0.05, 0) is 87.4 Å². The van der Waals surface area contributed by atoms with Gasteiger partial charge in [-0.2, -0.15) is 0 Å². The second-order valence-corrected chi connectivity index (χ2v) is 11.2. The molecule has 0 heterocycles. The van der Waals surface area contributed by atoms with E-state index < -0.39 is 0 Å². The Hall–Kier alpha value is -1.59. The lowest BCUT2D eigenvalue weighted by molar-refractivity contribution is -0.157. The number of esters is 2. The molecule has 4 saturated carbocycles. The fourth-order valence-corrected chi connectivity index (χ4v) is 8.57. The zero-order chi connectivity index (χ0) is 22.6. The second-order valence-electron chi connectivity index (χ2n) is 11.2. The molecule has 0 amide bonds. The van der Waals surface area contributed by atoms with E-state index in [0.29, 0.717) is 23.7 Å². The molecule has 9 unspecified atom stereocenters. The minimum absolute atomic E-state index is 0.0485. The number of carbonyl (C=O) groups excluding carboxylic acids is 2. The zero-order valence-electron chi connectivity index (χ0n) is 19.7. The summed E-state index contributed by atoms with van der Waals surface area (Å²) in [6, 6.07) is 0. The number of fused-ring (bicyclic) bond motifs is 5. The normalized spacial score (nSPS) is 46.4. The number of oxime groups is 1. The van der Waals surface area contributed by atoms with E-state index >= 15 is 0 Å². The molecule has 4 aliphatic rings. The Labute approximate surface area is 186 Å². The van der Waals surface area contributed by atoms with Crippen LogP contribution in [0.3, 0.4) is 0 Å². The molecule has 4 rings (SSSR count). The maximum atomic E-state index is 11.6. The molecule has 0 aliphatic heterocycles. The summed E-state index contributed by atoms with van der Waals surface area (Å²) >= 11 is 0. The van der Waals surface area contributed by atoms with Gasteiger partial charge in [0.2, 0.25) is 0 Å². The first-order chi connectivity index (χ1) is 14.6. The highest BCUT2D eigenvalue weighted by Crippen LogP contribution is 2.67. The summed E-state index contributed by atoms with van der Waals surface area (Å²) in [6.45, 7) is 9.66. The quantitative estimate of drug-likeness (QED) is 0.386. The summed E-state index contributed by atoms with van der Waals surface area (Å²) < 4.78 is 11.2. The standard InChI is InChI=1S/C25H39NO5/c1-14(30-15(2)27)20-8-9-21-19-7-6-17-12-18(31-16(3)28)10-11-24(17,4)22(19)13-23(26-29)25(20,21)5/h14,17-22,29H,6-13H2,1-5H3/b26-23+. The van der Waals surface area contributed by atoms with Crippen molar-refractivity contribution in [2.45, 2.75) is 98.2 Å². The number of nitrogens with zero attached hydrogens (tertiary/aromatic N) is 1. The summed E-state index contributed by atoms with van der Waals surface area (Å²) in [5.41, 5.74) is 0.878. The van der Waals surface area contributed by atoms with E-state index in [-0.39, 0.29) is 40.9 Å². The molecule has 6 nitrogen and oxygen atoms in total. The van der Waals surface area contributed by atoms with Gasteiger partial charge in [-0.3, -0.25) is 9.59 Å². The van der Waals surface area contributed by atoms with Crippen LogP contribution in [0.4, 0.5) is 0 Å². The van der Waals surface area contributed by atoms with Crippen LogP contribution in [0.1, 0.15) is 86.0 Å². The molecule has 0 bridgehead atoms. The van der Waals surface area contributed by atoms with Crippen LogP contribution in [-0.4, -0.2) is 35.1 Å². The van der Waals surface area contributed by atoms with E-state index in [4.69, 9.17) is 9.47 Å². The summed E-state index contributed by atoms with van der Waals surface area (Å²) in [5.74, 6) is 1.89. The fraction of sp³-hybridized carbons (Fsp3) is 0.880. The van der Waals surface area contributed by atoms with Crippen molar-refractivity contribution in [2.24, 2.45) is 45.6 Å². The van der Waals surface area contributed by atoms with E-state index in [1.165, 1.54) is 26.7 Å². The van der Waals surface area contributed by atoms with Crippen molar-refractivity contribution in [3.63, 3.8) is 0 Å². The first-order valence-corrected chi connectivity index (χ1v) is 12.2. The molecule has 0 spiro atoms. The Morgan fingerprint density at radius 2 is 1.81 bits per heavy atom. The first-order valence-electron chi connectivity index (χ1n) is 12.2. The van der Waals surface area contributed by atoms with Crippen molar-refractivity contribution in [1.82, 2.24) is 0 Å². The Morgan fingerprint density at radius 1 is 1.06 bits per heavy atom. The van der Waals surface area contributed by atoms with Gasteiger partial charge >= 0.3 is 11.9 Å². The molecular weight excluding hydrogens is 394 g/mol. The van der Waals surface area contributed by atoms with E-state index in [1.807, 2.05) is 6.92 Å². The Morgan fingerprint density at radius 3 is 2.45 bits per heavy atom. The highest BCUT2D eigenvalue weighted by atomic mass is 16.5. The smallest absolute Gasteiger partial charge is 0.302 e. The lowest BCUT2D eigenvalue weighted by atomic mass is 9.44. The molecule has 9 atom stereocenters. The average molecular weight is 434 g/mol. The minimum Gasteiger partial charge on any atom is -0.463 e. The summed E-state index contributed by atoms with van der Waals surface area (Å²) in [4.78, 5) is 23.1. The third-order valence-corrected chi connectivity index (χ3v) is 9.95. The summed E-state index contributed by atoms with van der Waals surface area (Å²) in [5, 5.41) is 14.0. The molecule has 174 valence electrons. The highest BCUT2D eigenvalue weighted by Gasteiger charge is 2.63. The van der Waals surface area contributed by atoms with Gasteiger partial charge in [-0.25, -0.2) is 0 Å². The van der Waals surface area contributed by atoms with Crippen molar-refractivity contribution in [3.05, 3.63) is 0 Å². The topological polar surface area (TPSA) is 85.2 Å². The fourth-order valence-electron chi connectivity index (χ4n) is 8.57. The highest BCUT2D eigenvalue weighted by molar-refractivity contribution is 5.91. The molecule has 0 radical (unpaired) electrons. The molecule has 6 heteroatoms. The second kappa shape index (κ2) is 8.08. The van der Waals surface area contributed by atoms with Crippen molar-refractivity contribution < 1.29 is 24.3 Å². The summed E-state index contributed by atoms with van der Waals surface area (Å²) in [7, 11) is 0. The Bertz CT molecular complexity index is 765. The number of hydrogen-bond donors (Lipinski definition) is 1. The van der Waals surface area contributed by atoms with Crippen molar-refractivity contribution in [1.29, 1.82) is 0 Å². The lowest BCUT2D eigenvalue weighted by Crippen LogP contribution is -2.58. The van der Waals surface area contributed by atoms with Crippen LogP contribution in [-0.2, 0) is 19.1 Å². The largest absolute Gasteiger partial charge is 0.463 e. The molecule has 0 aromatic heterocycles. The van der Waals surface area contributed by atoms with E-state index in [9.17, 15) is 14.8 Å². The molecule has 31 heavy (non-hydrogen) atoms. The van der Waals surface area contributed by atoms with Crippen LogP contribution < -0.4 is 0 Å². The maximum Gasteiger partial charge on any atom is 0.302 e. The van der Waals surface area contributed by atoms with Gasteiger partial charge in [0.15, 0.2) is 0 Å². The van der Waals surface area contributed by atoms with Crippen molar-refractivity contribution in [2.75, 3.05) is 0 Å². The van der Waals surface area contributed by atoms with Crippen LogP contribution in [0.15, 0.2) is 5.16 Å². The monoisotopic (exact) mass is 433 g/mol. The molecule has 0 aromatic rings. The van der Waals surface area contributed by atoms with Gasteiger partial charge in [0.25, 0.3) is 0 Å². The molecule has 0 aromatic carbocycles. The average Bonchev–Trinajstić information content (AvgIpc) is 3.05. The number of ether oxygens (including phenoxy) is 2. The van der Waals surface area contributed by atoms with Crippen LogP contribution in [0, 0.1) is 40.4 Å². The zero-order valence-corrected chi connectivity index (χ0v) is 19.7. The maximum absolute atomic E-state index is 11.6. The number of rotatable bonds is 3. The SMILES string of the molecule is CC(=O)OC1CCC2(C)C(CCC3C2C/C(=N\O)C2(C)C(C(C)OC(C)=O)CCC32)C1. The van der Waals surface area contributed by atoms with E-state index in [2.05, 4.69) is 19.0 Å². The van der Waals surface area contributed by atoms with Gasteiger partial charge in [-0.1, -0.05) is 19.0 Å². The number of carbonyl (C=O) groups is 2. The third-order valence-electron chi connectivity index (χ3n) is 9.95. The van der Waals surface area contributed by atoms with Gasteiger partial charge in [0.05, 0.1) is 5.71 Å². The van der Waals surface area contributed by atoms with E-state index in [1.54, 1.807) is 0 Å². The minimum atomic E-state index is -0.242. The van der Waals surface area contributed by atoms with E-state index in [0.717, 1.165) is 44.2 Å². The van der Waals surface area contributed by atoms with Crippen molar-refractivity contribution in [3.8, 4) is 0 Å². The third kappa shape index (κ3) is 3.58. The van der Waals surface area contributed by atoms with Crippen LogP contribution in [0.5, 0.6) is 0 Å². The molecule has 1 N–H and O–H groups in total. The van der Waals surface area contributed by atoms with Gasteiger partial charge in [-0.15, -0.1) is 0 Å². The van der Waals surface area contributed by atoms with Crippen molar-refractivity contribution >= 4 is 17.7 Å². The molecule has 4 fully saturated rings. The first kappa shape index (κ1) is 22.6. The summed E-state index contributed by atoms with van der Waals surface area (Å²) in [6.07, 6.45) is 8.11. The lowest BCUT2D eigenvalue weighted by Gasteiger charge is -2.61. The van der Waals surface area contributed by atoms with Crippen LogP contribution in [0.2, 0.25) is 0 Å². The molecule has 0 saturated heterocycles. The van der Waals surface area contributed by atoms with Gasteiger partial charge < -0.3 is 14.7 Å². The van der Waals surface area contributed by atoms with Gasteiger partial charge in [0, 0.05) is 25.2 Å². The van der Waals surface area contributed by atoms with Crippen LogP contribution >= 0.6 is 0 Å². The Balaban J connectivity index is 1.60. The molecular formula is C25H39NO5. The van der Waals surface area contributed by atoms with Crippen LogP contribution in [0.25, 0.3) is 0 Å². The predicted octanol–water partition coefficient (Wildman–Crippen LogP) is 4.97. The Kier molecular flexibility index (Phi) is 5.89. The predicted molar refractivity (Wildman–Crippen MR) is 117 cm³/mol. The van der Waals surface area contributed by atoms with Gasteiger partial charge in [0.1, 0.15) is 12.2 Å². The molecule has 4 aliphatic carbocycles.